The lowest BCUT2D eigenvalue weighted by molar-refractivity contribution is -0.137. The number of para-hydroxylation sites is 1. The Morgan fingerprint density at radius 1 is 0.850 bits per heavy atom. The number of hydrogen-bond donors (Lipinski definition) is 2. The summed E-state index contributed by atoms with van der Waals surface area (Å²) in [4.78, 5) is 41.3. The normalized spacial score (nSPS) is 13.7. The van der Waals surface area contributed by atoms with Crippen LogP contribution in [0.4, 0.5) is 5.69 Å². The maximum absolute atomic E-state index is 13.6. The molecule has 1 saturated heterocycles. The molecule has 0 saturated carbocycles. The summed E-state index contributed by atoms with van der Waals surface area (Å²) in [6, 6.07) is 28.0. The number of nitrogens with zero attached hydrogens (tertiary/aromatic N) is 2. The van der Waals surface area contributed by atoms with Gasteiger partial charge in [0.25, 0.3) is 5.91 Å². The molecule has 4 rings (SSSR count). The fourth-order valence-corrected chi connectivity index (χ4v) is 4.87. The van der Waals surface area contributed by atoms with Crippen molar-refractivity contribution in [2.24, 2.45) is 0 Å². The highest BCUT2D eigenvalue weighted by atomic mass is 32.1. The summed E-state index contributed by atoms with van der Waals surface area (Å²) < 4.78 is 4.76. The van der Waals surface area contributed by atoms with Gasteiger partial charge >= 0.3 is 5.97 Å². The van der Waals surface area contributed by atoms with E-state index in [1.54, 1.807) is 31.2 Å². The Kier molecular flexibility index (Phi) is 10.1. The van der Waals surface area contributed by atoms with E-state index in [2.05, 4.69) is 64.1 Å². The van der Waals surface area contributed by atoms with Crippen LogP contribution in [0, 0.1) is 0 Å². The summed E-state index contributed by atoms with van der Waals surface area (Å²) >= 11 is 5.26. The molecular weight excluding hydrogens is 524 g/mol. The number of ether oxygens (including phenoxy) is 1. The number of carbonyl (C=O) groups is 3. The summed E-state index contributed by atoms with van der Waals surface area (Å²) in [7, 11) is 0. The monoisotopic (exact) mass is 556 g/mol. The minimum Gasteiger partial charge on any atom is -0.463 e. The summed E-state index contributed by atoms with van der Waals surface area (Å²) in [5.74, 6) is -1.32. The molecule has 3 aromatic rings. The molecule has 0 unspecified atom stereocenters. The predicted octanol–water partition coefficient (Wildman–Crippen LogP) is 4.17. The number of hydrogen-bond acceptors (Lipinski definition) is 6. The molecule has 0 aliphatic carbocycles. The van der Waals surface area contributed by atoms with E-state index in [4.69, 9.17) is 17.0 Å². The summed E-state index contributed by atoms with van der Waals surface area (Å²) in [6.45, 7) is 4.47. The Hall–Kier alpha value is -4.34. The van der Waals surface area contributed by atoms with Gasteiger partial charge < -0.3 is 15.0 Å². The predicted molar refractivity (Wildman–Crippen MR) is 159 cm³/mol. The molecule has 2 N–H and O–H groups in total. The molecule has 0 aromatic heterocycles. The van der Waals surface area contributed by atoms with Crippen molar-refractivity contribution in [3.63, 3.8) is 0 Å². The number of piperazine rings is 1. The number of rotatable bonds is 8. The van der Waals surface area contributed by atoms with E-state index in [1.807, 2.05) is 17.0 Å². The van der Waals surface area contributed by atoms with Crippen LogP contribution in [0.25, 0.3) is 0 Å². The van der Waals surface area contributed by atoms with E-state index < -0.39 is 11.9 Å². The zero-order valence-electron chi connectivity index (χ0n) is 22.3. The molecular formula is C31H32N4O4S. The van der Waals surface area contributed by atoms with Crippen molar-refractivity contribution in [3.05, 3.63) is 114 Å². The number of amides is 2. The van der Waals surface area contributed by atoms with Gasteiger partial charge in [-0.15, -0.1) is 0 Å². The average molecular weight is 557 g/mol. The van der Waals surface area contributed by atoms with E-state index in [-0.39, 0.29) is 23.7 Å². The molecule has 40 heavy (non-hydrogen) atoms. The topological polar surface area (TPSA) is 91.0 Å². The van der Waals surface area contributed by atoms with E-state index in [0.717, 1.165) is 25.2 Å². The smallest absolute Gasteiger partial charge is 0.330 e. The second-order valence-corrected chi connectivity index (χ2v) is 9.53. The molecule has 0 bridgehead atoms. The van der Waals surface area contributed by atoms with Crippen LogP contribution in [-0.4, -0.2) is 65.5 Å². The van der Waals surface area contributed by atoms with Gasteiger partial charge in [0.05, 0.1) is 23.9 Å². The lowest BCUT2D eigenvalue weighted by atomic mass is 9.96. The maximum Gasteiger partial charge on any atom is 0.330 e. The van der Waals surface area contributed by atoms with Crippen LogP contribution in [0.5, 0.6) is 0 Å². The first-order chi connectivity index (χ1) is 19.5. The lowest BCUT2D eigenvalue weighted by Crippen LogP contribution is -2.50. The van der Waals surface area contributed by atoms with Gasteiger partial charge in [0.2, 0.25) is 5.91 Å². The van der Waals surface area contributed by atoms with Crippen LogP contribution >= 0.6 is 12.2 Å². The Bertz CT molecular complexity index is 1320. The Morgan fingerprint density at radius 2 is 1.43 bits per heavy atom. The van der Waals surface area contributed by atoms with Gasteiger partial charge in [-0.05, 0) is 42.4 Å². The third-order valence-corrected chi connectivity index (χ3v) is 6.70. The first kappa shape index (κ1) is 28.7. The highest BCUT2D eigenvalue weighted by Crippen LogP contribution is 2.30. The number of thiocarbonyl (C=S) groups is 1. The first-order valence-corrected chi connectivity index (χ1v) is 13.6. The summed E-state index contributed by atoms with van der Waals surface area (Å²) in [5, 5.41) is 5.42. The van der Waals surface area contributed by atoms with Crippen LogP contribution in [-0.2, 0) is 14.3 Å². The van der Waals surface area contributed by atoms with E-state index in [0.29, 0.717) is 24.3 Å². The van der Waals surface area contributed by atoms with Gasteiger partial charge in [-0.3, -0.25) is 19.8 Å². The standard InChI is InChI=1S/C31H32N4O4S/c1-2-39-28(37)18-17-27(36)33-31(40)32-26-16-10-9-15-25(26)30(38)35-21-19-34(20-22-35)29(23-11-5-3-6-12-23)24-13-7-4-8-14-24/h3-18,29H,2,19-22H2,1H3,(H2,32,33,36,40). The molecule has 3 aromatic carbocycles. The van der Waals surface area contributed by atoms with E-state index in [9.17, 15) is 14.4 Å². The molecule has 9 heteroatoms. The van der Waals surface area contributed by atoms with Crippen molar-refractivity contribution < 1.29 is 19.1 Å². The molecule has 1 fully saturated rings. The van der Waals surface area contributed by atoms with Crippen LogP contribution in [0.3, 0.4) is 0 Å². The minimum absolute atomic E-state index is 0.0112. The summed E-state index contributed by atoms with van der Waals surface area (Å²) in [6.07, 6.45) is 2.07. The van der Waals surface area contributed by atoms with Gasteiger partial charge in [-0.1, -0.05) is 72.8 Å². The highest BCUT2D eigenvalue weighted by Gasteiger charge is 2.29. The fraction of sp³-hybridized carbons (Fsp3) is 0.226. The zero-order valence-corrected chi connectivity index (χ0v) is 23.1. The molecule has 0 spiro atoms. The third-order valence-electron chi connectivity index (χ3n) is 6.50. The lowest BCUT2D eigenvalue weighted by Gasteiger charge is -2.40. The molecule has 1 aliphatic heterocycles. The number of anilines is 1. The van der Waals surface area contributed by atoms with Crippen LogP contribution in [0.15, 0.2) is 97.1 Å². The van der Waals surface area contributed by atoms with Gasteiger partial charge in [0.15, 0.2) is 5.11 Å². The number of benzene rings is 3. The van der Waals surface area contributed by atoms with Gasteiger partial charge in [-0.2, -0.15) is 0 Å². The maximum atomic E-state index is 13.6. The second kappa shape index (κ2) is 14.2. The highest BCUT2D eigenvalue weighted by molar-refractivity contribution is 7.80. The molecule has 1 heterocycles. The Morgan fingerprint density at radius 3 is 2.02 bits per heavy atom. The van der Waals surface area contributed by atoms with Crippen molar-refractivity contribution in [1.82, 2.24) is 15.1 Å². The fourth-order valence-electron chi connectivity index (χ4n) is 4.66. The van der Waals surface area contributed by atoms with Crippen molar-refractivity contribution in [2.45, 2.75) is 13.0 Å². The molecule has 1 aliphatic rings. The van der Waals surface area contributed by atoms with E-state index in [1.165, 1.54) is 11.1 Å². The van der Waals surface area contributed by atoms with Crippen molar-refractivity contribution in [2.75, 3.05) is 38.1 Å². The molecule has 0 radical (unpaired) electrons. The minimum atomic E-state index is -0.619. The molecule has 206 valence electrons. The van der Waals surface area contributed by atoms with Gasteiger partial charge in [0, 0.05) is 38.3 Å². The summed E-state index contributed by atoms with van der Waals surface area (Å²) in [5.41, 5.74) is 3.38. The largest absolute Gasteiger partial charge is 0.463 e. The van der Waals surface area contributed by atoms with E-state index >= 15 is 0 Å². The number of carbonyl (C=O) groups excluding carboxylic acids is 3. The van der Waals surface area contributed by atoms with Crippen molar-refractivity contribution in [1.29, 1.82) is 0 Å². The second-order valence-electron chi connectivity index (χ2n) is 9.13. The average Bonchev–Trinajstić information content (AvgIpc) is 2.98. The van der Waals surface area contributed by atoms with Crippen molar-refractivity contribution >= 4 is 40.8 Å². The molecule has 0 atom stereocenters. The SMILES string of the molecule is CCOC(=O)C=CC(=O)NC(=S)Nc1ccccc1C(=O)N1CCN(C(c2ccccc2)c2ccccc2)CC1. The van der Waals surface area contributed by atoms with Crippen LogP contribution in [0.1, 0.15) is 34.5 Å². The number of esters is 1. The van der Waals surface area contributed by atoms with Crippen LogP contribution < -0.4 is 10.6 Å². The van der Waals surface area contributed by atoms with Gasteiger partial charge in [-0.25, -0.2) is 4.79 Å². The Balaban J connectivity index is 1.40. The first-order valence-electron chi connectivity index (χ1n) is 13.1. The number of nitrogens with one attached hydrogen (secondary N) is 2. The third kappa shape index (κ3) is 7.62. The quantitative estimate of drug-likeness (QED) is 0.245. The molecule has 2 amide bonds. The molecule has 8 nitrogen and oxygen atoms in total. The Labute approximate surface area is 239 Å². The van der Waals surface area contributed by atoms with Crippen molar-refractivity contribution in [3.8, 4) is 0 Å². The van der Waals surface area contributed by atoms with Crippen LogP contribution in [0.2, 0.25) is 0 Å². The zero-order chi connectivity index (χ0) is 28.3. The van der Waals surface area contributed by atoms with Gasteiger partial charge in [0.1, 0.15) is 0 Å².